The van der Waals surface area contributed by atoms with Crippen LogP contribution in [-0.2, 0) is 4.79 Å². The normalized spacial score (nSPS) is 12.2. The highest BCUT2D eigenvalue weighted by molar-refractivity contribution is 6.31. The molecule has 3 nitrogen and oxygen atoms in total. The molecule has 1 unspecified atom stereocenters. The van der Waals surface area contributed by atoms with E-state index in [2.05, 4.69) is 5.32 Å². The van der Waals surface area contributed by atoms with E-state index >= 15 is 0 Å². The van der Waals surface area contributed by atoms with Gasteiger partial charge >= 0.3 is 0 Å². The lowest BCUT2D eigenvalue weighted by molar-refractivity contribution is -0.120. The average molecular weight is 269 g/mol. The van der Waals surface area contributed by atoms with Gasteiger partial charge in [0.05, 0.1) is 0 Å². The van der Waals surface area contributed by atoms with E-state index < -0.39 is 0 Å². The molecule has 0 fully saturated rings. The molecule has 1 aromatic carbocycles. The maximum atomic E-state index is 12.1. The van der Waals surface area contributed by atoms with Crippen molar-refractivity contribution in [2.75, 3.05) is 11.9 Å². The second kappa shape index (κ2) is 7.39. The highest BCUT2D eigenvalue weighted by Gasteiger charge is 2.16. The number of aryl methyl sites for hydroxylation is 1. The molecule has 1 aromatic rings. The number of hydrogen-bond acceptors (Lipinski definition) is 2. The first-order valence-electron chi connectivity index (χ1n) is 6.35. The van der Waals surface area contributed by atoms with Crippen molar-refractivity contribution in [1.82, 2.24) is 0 Å². The number of hydrogen-bond donors (Lipinski definition) is 2. The van der Waals surface area contributed by atoms with Gasteiger partial charge in [-0.2, -0.15) is 0 Å². The molecule has 0 aliphatic rings. The minimum atomic E-state index is 0.0203. The van der Waals surface area contributed by atoms with Gasteiger partial charge in [-0.1, -0.05) is 24.6 Å². The Morgan fingerprint density at radius 3 is 2.83 bits per heavy atom. The summed E-state index contributed by atoms with van der Waals surface area (Å²) in [4.78, 5) is 12.1. The first-order chi connectivity index (χ1) is 8.58. The van der Waals surface area contributed by atoms with Gasteiger partial charge in [0.25, 0.3) is 0 Å². The van der Waals surface area contributed by atoms with Crippen LogP contribution in [0.2, 0.25) is 5.02 Å². The zero-order valence-electron chi connectivity index (χ0n) is 11.0. The van der Waals surface area contributed by atoms with Crippen LogP contribution in [0.1, 0.15) is 31.7 Å². The fourth-order valence-corrected chi connectivity index (χ4v) is 2.02. The first kappa shape index (κ1) is 15.0. The highest BCUT2D eigenvalue weighted by atomic mass is 35.5. The smallest absolute Gasteiger partial charge is 0.227 e. The van der Waals surface area contributed by atoms with E-state index in [-0.39, 0.29) is 11.8 Å². The Kier molecular flexibility index (Phi) is 6.16. The van der Waals surface area contributed by atoms with E-state index in [1.54, 1.807) is 6.07 Å². The summed E-state index contributed by atoms with van der Waals surface area (Å²) in [7, 11) is 0. The Morgan fingerprint density at radius 2 is 2.22 bits per heavy atom. The maximum absolute atomic E-state index is 12.1. The highest BCUT2D eigenvalue weighted by Crippen LogP contribution is 2.22. The number of nitrogens with two attached hydrogens (primary N) is 1. The van der Waals surface area contributed by atoms with Gasteiger partial charge in [-0.25, -0.2) is 0 Å². The second-order valence-electron chi connectivity index (χ2n) is 4.48. The van der Waals surface area contributed by atoms with Crippen molar-refractivity contribution in [2.45, 2.75) is 33.1 Å². The van der Waals surface area contributed by atoms with E-state index in [9.17, 15) is 4.79 Å². The summed E-state index contributed by atoms with van der Waals surface area (Å²) in [6.07, 6.45) is 2.53. The molecular formula is C14H21ClN2O. The van der Waals surface area contributed by atoms with Crippen LogP contribution in [-0.4, -0.2) is 12.5 Å². The number of benzene rings is 1. The molecule has 1 amide bonds. The molecule has 18 heavy (non-hydrogen) atoms. The standard InChI is InChI=1S/C14H21ClN2O/c1-3-11(5-4-8-16)14(18)17-13-9-12(15)7-6-10(13)2/h6-7,9,11H,3-5,8,16H2,1-2H3,(H,17,18). The van der Waals surface area contributed by atoms with Crippen LogP contribution < -0.4 is 11.1 Å². The third kappa shape index (κ3) is 4.31. The van der Waals surface area contributed by atoms with Crippen LogP contribution >= 0.6 is 11.6 Å². The maximum Gasteiger partial charge on any atom is 0.227 e. The van der Waals surface area contributed by atoms with Crippen molar-refractivity contribution in [3.8, 4) is 0 Å². The summed E-state index contributed by atoms with van der Waals surface area (Å²) >= 11 is 5.93. The average Bonchev–Trinajstić information content (AvgIpc) is 2.35. The van der Waals surface area contributed by atoms with Crippen molar-refractivity contribution in [1.29, 1.82) is 0 Å². The van der Waals surface area contributed by atoms with Crippen molar-refractivity contribution < 1.29 is 4.79 Å². The van der Waals surface area contributed by atoms with Gasteiger partial charge in [0, 0.05) is 16.6 Å². The SMILES string of the molecule is CCC(CCCN)C(=O)Nc1cc(Cl)ccc1C. The van der Waals surface area contributed by atoms with Crippen molar-refractivity contribution in [2.24, 2.45) is 11.7 Å². The van der Waals surface area contributed by atoms with Gasteiger partial charge in [-0.05, 0) is 50.4 Å². The van der Waals surface area contributed by atoms with Gasteiger partial charge in [-0.3, -0.25) is 4.79 Å². The number of halogens is 1. The van der Waals surface area contributed by atoms with Gasteiger partial charge in [0.2, 0.25) is 5.91 Å². The molecule has 100 valence electrons. The zero-order valence-corrected chi connectivity index (χ0v) is 11.8. The molecule has 0 radical (unpaired) electrons. The molecule has 0 bridgehead atoms. The predicted octanol–water partition coefficient (Wildman–Crippen LogP) is 3.35. The monoisotopic (exact) mass is 268 g/mol. The second-order valence-corrected chi connectivity index (χ2v) is 4.92. The molecular weight excluding hydrogens is 248 g/mol. The van der Waals surface area contributed by atoms with E-state index in [1.807, 2.05) is 26.0 Å². The minimum absolute atomic E-state index is 0.0203. The van der Waals surface area contributed by atoms with Crippen LogP contribution in [0.15, 0.2) is 18.2 Å². The topological polar surface area (TPSA) is 55.1 Å². The Hall–Kier alpha value is -1.06. The van der Waals surface area contributed by atoms with Crippen molar-refractivity contribution >= 4 is 23.2 Å². The summed E-state index contributed by atoms with van der Waals surface area (Å²) in [5.41, 5.74) is 7.28. The molecule has 0 spiro atoms. The molecule has 0 aliphatic carbocycles. The molecule has 0 saturated carbocycles. The summed E-state index contributed by atoms with van der Waals surface area (Å²) < 4.78 is 0. The van der Waals surface area contributed by atoms with Gasteiger partial charge in [0.15, 0.2) is 0 Å². The van der Waals surface area contributed by atoms with Gasteiger partial charge in [-0.15, -0.1) is 0 Å². The van der Waals surface area contributed by atoms with Crippen LogP contribution in [0.5, 0.6) is 0 Å². The molecule has 0 heterocycles. The largest absolute Gasteiger partial charge is 0.330 e. The predicted molar refractivity (Wildman–Crippen MR) is 76.9 cm³/mol. The Balaban J connectivity index is 2.70. The fraction of sp³-hybridized carbons (Fsp3) is 0.500. The van der Waals surface area contributed by atoms with Crippen LogP contribution in [0.4, 0.5) is 5.69 Å². The van der Waals surface area contributed by atoms with Crippen LogP contribution in [0.3, 0.4) is 0 Å². The molecule has 0 aromatic heterocycles. The number of nitrogens with one attached hydrogen (secondary N) is 1. The Bertz CT molecular complexity index is 407. The Labute approximate surface area is 114 Å². The Morgan fingerprint density at radius 1 is 1.50 bits per heavy atom. The lowest BCUT2D eigenvalue weighted by Crippen LogP contribution is -2.23. The quantitative estimate of drug-likeness (QED) is 0.831. The summed E-state index contributed by atoms with van der Waals surface area (Å²) in [6, 6.07) is 5.50. The molecule has 0 saturated heterocycles. The fourth-order valence-electron chi connectivity index (χ4n) is 1.85. The van der Waals surface area contributed by atoms with E-state index in [0.29, 0.717) is 11.6 Å². The summed E-state index contributed by atoms with van der Waals surface area (Å²) in [5, 5.41) is 3.58. The molecule has 0 aliphatic heterocycles. The molecule has 3 N–H and O–H groups in total. The minimum Gasteiger partial charge on any atom is -0.330 e. The van der Waals surface area contributed by atoms with Gasteiger partial charge in [0.1, 0.15) is 0 Å². The lowest BCUT2D eigenvalue weighted by Gasteiger charge is -2.16. The number of rotatable bonds is 6. The molecule has 1 atom stereocenters. The van der Waals surface area contributed by atoms with Crippen LogP contribution in [0.25, 0.3) is 0 Å². The number of carbonyl (C=O) groups is 1. The first-order valence-corrected chi connectivity index (χ1v) is 6.73. The number of anilines is 1. The summed E-state index contributed by atoms with van der Waals surface area (Å²) in [6.45, 7) is 4.60. The summed E-state index contributed by atoms with van der Waals surface area (Å²) in [5.74, 6) is 0.0725. The molecule has 4 heteroatoms. The third-order valence-electron chi connectivity index (χ3n) is 3.08. The third-order valence-corrected chi connectivity index (χ3v) is 3.31. The zero-order chi connectivity index (χ0) is 13.5. The van der Waals surface area contributed by atoms with Crippen molar-refractivity contribution in [3.63, 3.8) is 0 Å². The van der Waals surface area contributed by atoms with Crippen LogP contribution in [0, 0.1) is 12.8 Å². The van der Waals surface area contributed by atoms with Gasteiger partial charge < -0.3 is 11.1 Å². The lowest BCUT2D eigenvalue weighted by atomic mass is 9.99. The molecule has 1 rings (SSSR count). The van der Waals surface area contributed by atoms with E-state index in [4.69, 9.17) is 17.3 Å². The van der Waals surface area contributed by atoms with E-state index in [0.717, 1.165) is 30.5 Å². The number of carbonyl (C=O) groups excluding carboxylic acids is 1. The van der Waals surface area contributed by atoms with Crippen molar-refractivity contribution in [3.05, 3.63) is 28.8 Å². The number of amides is 1. The van der Waals surface area contributed by atoms with E-state index in [1.165, 1.54) is 0 Å².